The number of morpholine rings is 1. The van der Waals surface area contributed by atoms with Crippen LogP contribution in [0.1, 0.15) is 25.7 Å². The van der Waals surface area contributed by atoms with Gasteiger partial charge in [0.25, 0.3) is 0 Å². The average molecular weight is 267 g/mol. The summed E-state index contributed by atoms with van der Waals surface area (Å²) >= 11 is 0. The van der Waals surface area contributed by atoms with Crippen molar-refractivity contribution in [3.8, 4) is 0 Å². The fraction of sp³-hybridized carbons (Fsp3) is 0.857. The number of fused-ring (bicyclic) bond motifs is 1. The van der Waals surface area contributed by atoms with Gasteiger partial charge >= 0.3 is 5.97 Å². The van der Waals surface area contributed by atoms with Crippen molar-refractivity contribution in [2.75, 3.05) is 26.8 Å². The number of nitrogens with zero attached hydrogens (tertiary/aromatic N) is 1. The largest absolute Gasteiger partial charge is 0.469 e. The zero-order valence-corrected chi connectivity index (χ0v) is 11.3. The fourth-order valence-corrected chi connectivity index (χ4v) is 3.71. The normalized spacial score (nSPS) is 36.8. The summed E-state index contributed by atoms with van der Waals surface area (Å²) in [7, 11) is 1.37. The Labute approximate surface area is 113 Å². The van der Waals surface area contributed by atoms with Crippen LogP contribution in [0.2, 0.25) is 0 Å². The molecule has 3 atom stereocenters. The van der Waals surface area contributed by atoms with Crippen LogP contribution in [0.4, 0.5) is 0 Å². The van der Waals surface area contributed by atoms with Gasteiger partial charge in [0.15, 0.2) is 0 Å². The van der Waals surface area contributed by atoms with Crippen LogP contribution < -0.4 is 0 Å². The van der Waals surface area contributed by atoms with Gasteiger partial charge in [-0.1, -0.05) is 6.42 Å². The second kappa shape index (κ2) is 5.12. The molecule has 19 heavy (non-hydrogen) atoms. The van der Waals surface area contributed by atoms with Crippen LogP contribution in [0.15, 0.2) is 0 Å². The lowest BCUT2D eigenvalue weighted by atomic mass is 10.1. The first-order valence-electron chi connectivity index (χ1n) is 7.18. The maximum absolute atomic E-state index is 12.4. The van der Waals surface area contributed by atoms with Crippen LogP contribution >= 0.6 is 0 Å². The molecule has 5 nitrogen and oxygen atoms in total. The van der Waals surface area contributed by atoms with Gasteiger partial charge in [-0.2, -0.15) is 0 Å². The highest BCUT2D eigenvalue weighted by Gasteiger charge is 2.57. The van der Waals surface area contributed by atoms with Crippen molar-refractivity contribution in [2.24, 2.45) is 17.8 Å². The molecule has 0 aromatic rings. The van der Waals surface area contributed by atoms with Crippen molar-refractivity contribution in [3.63, 3.8) is 0 Å². The van der Waals surface area contributed by atoms with Gasteiger partial charge in [0, 0.05) is 19.0 Å². The highest BCUT2D eigenvalue weighted by atomic mass is 16.5. The van der Waals surface area contributed by atoms with Gasteiger partial charge in [-0.05, 0) is 24.7 Å². The van der Waals surface area contributed by atoms with Crippen molar-refractivity contribution < 1.29 is 19.1 Å². The lowest BCUT2D eigenvalue weighted by Gasteiger charge is -2.33. The SMILES string of the molecule is COC(=O)CC1CN(C(=O)C2C3CCCC32)CCO1. The highest BCUT2D eigenvalue weighted by Crippen LogP contribution is 2.58. The van der Waals surface area contributed by atoms with Crippen molar-refractivity contribution in [1.29, 1.82) is 0 Å². The maximum atomic E-state index is 12.4. The molecule has 0 N–H and O–H groups in total. The third kappa shape index (κ3) is 2.48. The van der Waals surface area contributed by atoms with Crippen molar-refractivity contribution in [2.45, 2.75) is 31.8 Å². The Morgan fingerprint density at radius 2 is 2.05 bits per heavy atom. The first-order chi connectivity index (χ1) is 9.20. The first kappa shape index (κ1) is 12.9. The lowest BCUT2D eigenvalue weighted by Crippen LogP contribution is -2.47. The van der Waals surface area contributed by atoms with Crippen LogP contribution in [0.3, 0.4) is 0 Å². The van der Waals surface area contributed by atoms with Crippen molar-refractivity contribution in [1.82, 2.24) is 4.90 Å². The van der Waals surface area contributed by atoms with Crippen LogP contribution in [-0.4, -0.2) is 49.7 Å². The quantitative estimate of drug-likeness (QED) is 0.711. The lowest BCUT2D eigenvalue weighted by molar-refractivity contribution is -0.150. The van der Waals surface area contributed by atoms with Gasteiger partial charge in [-0.25, -0.2) is 0 Å². The molecule has 1 saturated heterocycles. The van der Waals surface area contributed by atoms with Crippen LogP contribution in [0.5, 0.6) is 0 Å². The summed E-state index contributed by atoms with van der Waals surface area (Å²) in [5, 5.41) is 0. The smallest absolute Gasteiger partial charge is 0.308 e. The van der Waals surface area contributed by atoms with Gasteiger partial charge in [-0.3, -0.25) is 9.59 Å². The molecular formula is C14H21NO4. The van der Waals surface area contributed by atoms with Gasteiger partial charge in [-0.15, -0.1) is 0 Å². The minimum Gasteiger partial charge on any atom is -0.469 e. The topological polar surface area (TPSA) is 55.8 Å². The van der Waals surface area contributed by atoms with E-state index in [1.165, 1.54) is 26.4 Å². The monoisotopic (exact) mass is 267 g/mol. The van der Waals surface area contributed by atoms with Crippen LogP contribution in [-0.2, 0) is 19.1 Å². The molecule has 3 fully saturated rings. The van der Waals surface area contributed by atoms with Gasteiger partial charge < -0.3 is 14.4 Å². The summed E-state index contributed by atoms with van der Waals surface area (Å²) < 4.78 is 10.2. The Morgan fingerprint density at radius 1 is 1.32 bits per heavy atom. The molecule has 106 valence electrons. The highest BCUT2D eigenvalue weighted by molar-refractivity contribution is 5.82. The molecular weight excluding hydrogens is 246 g/mol. The van der Waals surface area contributed by atoms with E-state index in [9.17, 15) is 9.59 Å². The number of carbonyl (C=O) groups excluding carboxylic acids is 2. The summed E-state index contributed by atoms with van der Waals surface area (Å²) in [6.45, 7) is 1.71. The molecule has 0 aromatic carbocycles. The average Bonchev–Trinajstić information content (AvgIpc) is 2.90. The second-order valence-electron chi connectivity index (χ2n) is 5.84. The van der Waals surface area contributed by atoms with E-state index >= 15 is 0 Å². The fourth-order valence-electron chi connectivity index (χ4n) is 3.71. The van der Waals surface area contributed by atoms with E-state index in [2.05, 4.69) is 4.74 Å². The van der Waals surface area contributed by atoms with Gasteiger partial charge in [0.2, 0.25) is 5.91 Å². The number of carbonyl (C=O) groups is 2. The second-order valence-corrected chi connectivity index (χ2v) is 5.84. The number of ether oxygens (including phenoxy) is 2. The molecule has 1 amide bonds. The van der Waals surface area contributed by atoms with E-state index in [1.807, 2.05) is 4.90 Å². The van der Waals surface area contributed by atoms with E-state index in [4.69, 9.17) is 4.74 Å². The van der Waals surface area contributed by atoms with E-state index in [1.54, 1.807) is 0 Å². The Morgan fingerprint density at radius 3 is 2.74 bits per heavy atom. The minimum absolute atomic E-state index is 0.205. The number of hydrogen-bond acceptors (Lipinski definition) is 4. The summed E-state index contributed by atoms with van der Waals surface area (Å²) in [5.74, 6) is 1.57. The van der Waals surface area contributed by atoms with Crippen molar-refractivity contribution >= 4 is 11.9 Å². The van der Waals surface area contributed by atoms with Gasteiger partial charge in [0.05, 0.1) is 26.2 Å². The Bertz CT molecular complexity index is 374. The molecule has 3 unspecified atom stereocenters. The number of rotatable bonds is 3. The molecule has 0 spiro atoms. The number of hydrogen-bond donors (Lipinski definition) is 0. The molecule has 2 saturated carbocycles. The van der Waals surface area contributed by atoms with Gasteiger partial charge in [0.1, 0.15) is 0 Å². The van der Waals surface area contributed by atoms with Crippen LogP contribution in [0.25, 0.3) is 0 Å². The van der Waals surface area contributed by atoms with Crippen molar-refractivity contribution in [3.05, 3.63) is 0 Å². The third-order valence-corrected chi connectivity index (χ3v) is 4.76. The summed E-state index contributed by atoms with van der Waals surface area (Å²) in [4.78, 5) is 25.6. The summed E-state index contributed by atoms with van der Waals surface area (Å²) in [6, 6.07) is 0. The predicted molar refractivity (Wildman–Crippen MR) is 67.3 cm³/mol. The molecule has 1 heterocycles. The zero-order valence-electron chi connectivity index (χ0n) is 11.3. The standard InChI is InChI=1S/C14H21NO4/c1-18-12(16)7-9-8-15(5-6-19-9)14(17)13-10-3-2-4-11(10)13/h9-11,13H,2-8H2,1H3. The molecule has 5 heteroatoms. The molecule has 1 aliphatic heterocycles. The predicted octanol–water partition coefficient (Wildman–Crippen LogP) is 0.823. The molecule has 3 aliphatic rings. The summed E-state index contributed by atoms with van der Waals surface area (Å²) in [5.41, 5.74) is 0. The molecule has 0 radical (unpaired) electrons. The first-order valence-corrected chi connectivity index (χ1v) is 7.18. The molecule has 0 bridgehead atoms. The molecule has 3 rings (SSSR count). The molecule has 0 aromatic heterocycles. The van der Waals surface area contributed by atoms with E-state index in [0.29, 0.717) is 31.5 Å². The number of amides is 1. The van der Waals surface area contributed by atoms with E-state index < -0.39 is 0 Å². The van der Waals surface area contributed by atoms with Crippen LogP contribution in [0, 0.1) is 17.8 Å². The zero-order chi connectivity index (χ0) is 13.4. The summed E-state index contributed by atoms with van der Waals surface area (Å²) in [6.07, 6.45) is 3.75. The molecule has 2 aliphatic carbocycles. The van der Waals surface area contributed by atoms with E-state index in [-0.39, 0.29) is 30.3 Å². The maximum Gasteiger partial charge on any atom is 0.308 e. The minimum atomic E-state index is -0.275. The third-order valence-electron chi connectivity index (χ3n) is 4.76. The Hall–Kier alpha value is -1.10. The van der Waals surface area contributed by atoms with E-state index in [0.717, 1.165) is 0 Å². The number of methoxy groups -OCH3 is 1. The number of esters is 1. The Balaban J connectivity index is 1.53. The Kier molecular flexibility index (Phi) is 3.48.